The summed E-state index contributed by atoms with van der Waals surface area (Å²) in [5, 5.41) is 0. The van der Waals surface area contributed by atoms with E-state index < -0.39 is 0 Å². The van der Waals surface area contributed by atoms with Crippen molar-refractivity contribution in [2.75, 3.05) is 20.6 Å². The third kappa shape index (κ3) is 11.5. The van der Waals surface area contributed by atoms with Crippen molar-refractivity contribution in [1.29, 1.82) is 0 Å². The van der Waals surface area contributed by atoms with Gasteiger partial charge in [-0.3, -0.25) is 0 Å². The van der Waals surface area contributed by atoms with Crippen LogP contribution in [-0.2, 0) is 6.42 Å². The summed E-state index contributed by atoms with van der Waals surface area (Å²) in [6.45, 7) is 5.05. The minimum atomic E-state index is 1.22. The van der Waals surface area contributed by atoms with Crippen molar-refractivity contribution in [3.05, 3.63) is 42.0 Å². The summed E-state index contributed by atoms with van der Waals surface area (Å²) in [4.78, 5) is 2.29. The zero-order valence-electron chi connectivity index (χ0n) is 16.2. The summed E-state index contributed by atoms with van der Waals surface area (Å²) in [6.07, 6.45) is 18.6. The smallest absolute Gasteiger partial charge is 0.00248 e. The zero-order chi connectivity index (χ0) is 17.5. The van der Waals surface area contributed by atoms with E-state index in [1.165, 1.54) is 94.7 Å². The van der Waals surface area contributed by atoms with Crippen molar-refractivity contribution in [1.82, 2.24) is 4.90 Å². The van der Waals surface area contributed by atoms with Gasteiger partial charge >= 0.3 is 0 Å². The van der Waals surface area contributed by atoms with E-state index in [2.05, 4.69) is 49.8 Å². The number of unbranched alkanes of at least 4 members (excludes halogenated alkanes) is 10. The van der Waals surface area contributed by atoms with Crippen LogP contribution in [0.25, 0.3) is 6.08 Å². The Kier molecular flexibility index (Phi) is 12.5. The summed E-state index contributed by atoms with van der Waals surface area (Å²) in [5.74, 6) is 0. The summed E-state index contributed by atoms with van der Waals surface area (Å²) in [7, 11) is 4.33. The lowest BCUT2D eigenvalue weighted by Gasteiger charge is -2.08. The molecular weight excluding hydrogens is 290 g/mol. The topological polar surface area (TPSA) is 3.24 Å². The predicted octanol–water partition coefficient (Wildman–Crippen LogP) is 6.72. The standard InChI is InChI=1S/C23H39N/c1-4-22-17-19-23(20-18-22)16-14-12-10-8-6-5-7-9-11-13-15-21-24(2)3/h4,17-20H,1,5-16,21H2,2-3H3. The Balaban J connectivity index is 1.82. The highest BCUT2D eigenvalue weighted by molar-refractivity contribution is 5.47. The monoisotopic (exact) mass is 329 g/mol. The molecule has 24 heavy (non-hydrogen) atoms. The second-order valence-electron chi connectivity index (χ2n) is 7.39. The molecule has 0 N–H and O–H groups in total. The molecule has 1 aromatic rings. The van der Waals surface area contributed by atoms with Gasteiger partial charge in [0.2, 0.25) is 0 Å². The van der Waals surface area contributed by atoms with Gasteiger partial charge in [0.15, 0.2) is 0 Å². The largest absolute Gasteiger partial charge is 0.309 e. The van der Waals surface area contributed by atoms with Gasteiger partial charge in [-0.25, -0.2) is 0 Å². The van der Waals surface area contributed by atoms with Crippen LogP contribution in [0.4, 0.5) is 0 Å². The van der Waals surface area contributed by atoms with E-state index in [-0.39, 0.29) is 0 Å². The molecular formula is C23H39N. The third-order valence-corrected chi connectivity index (χ3v) is 4.79. The van der Waals surface area contributed by atoms with E-state index in [4.69, 9.17) is 0 Å². The molecule has 0 aliphatic heterocycles. The lowest BCUT2D eigenvalue weighted by atomic mass is 10.0. The molecule has 0 aromatic heterocycles. The molecule has 0 saturated heterocycles. The summed E-state index contributed by atoms with van der Waals surface area (Å²) < 4.78 is 0. The van der Waals surface area contributed by atoms with E-state index in [0.717, 1.165) is 0 Å². The van der Waals surface area contributed by atoms with Crippen LogP contribution >= 0.6 is 0 Å². The fourth-order valence-electron chi connectivity index (χ4n) is 3.17. The first-order valence-electron chi connectivity index (χ1n) is 10.1. The van der Waals surface area contributed by atoms with Gasteiger partial charge in [0.25, 0.3) is 0 Å². The highest BCUT2D eigenvalue weighted by atomic mass is 15.0. The second-order valence-corrected chi connectivity index (χ2v) is 7.39. The van der Waals surface area contributed by atoms with Gasteiger partial charge in [0.1, 0.15) is 0 Å². The fourth-order valence-corrected chi connectivity index (χ4v) is 3.17. The van der Waals surface area contributed by atoms with Crippen molar-refractivity contribution < 1.29 is 0 Å². The summed E-state index contributed by atoms with van der Waals surface area (Å²) >= 11 is 0. The van der Waals surface area contributed by atoms with Crippen LogP contribution in [0.3, 0.4) is 0 Å². The number of hydrogen-bond donors (Lipinski definition) is 0. The fraction of sp³-hybridized carbons (Fsp3) is 0.652. The van der Waals surface area contributed by atoms with Crippen LogP contribution in [-0.4, -0.2) is 25.5 Å². The predicted molar refractivity (Wildman–Crippen MR) is 110 cm³/mol. The van der Waals surface area contributed by atoms with E-state index in [9.17, 15) is 0 Å². The van der Waals surface area contributed by atoms with Gasteiger partial charge in [-0.05, 0) is 51.0 Å². The molecule has 0 saturated carbocycles. The maximum atomic E-state index is 3.80. The molecule has 1 rings (SSSR count). The summed E-state index contributed by atoms with van der Waals surface area (Å²) in [6, 6.07) is 8.83. The highest BCUT2D eigenvalue weighted by Gasteiger charge is 1.96. The molecule has 0 spiro atoms. The van der Waals surface area contributed by atoms with E-state index in [0.29, 0.717) is 0 Å². The van der Waals surface area contributed by atoms with E-state index in [1.807, 2.05) is 6.08 Å². The van der Waals surface area contributed by atoms with Gasteiger partial charge in [-0.2, -0.15) is 0 Å². The normalized spacial score (nSPS) is 11.1. The Hall–Kier alpha value is -1.08. The van der Waals surface area contributed by atoms with Crippen molar-refractivity contribution in [2.45, 2.75) is 77.0 Å². The third-order valence-electron chi connectivity index (χ3n) is 4.79. The maximum absolute atomic E-state index is 3.80. The van der Waals surface area contributed by atoms with E-state index in [1.54, 1.807) is 0 Å². The molecule has 0 amide bonds. The van der Waals surface area contributed by atoms with Gasteiger partial charge in [0.05, 0.1) is 0 Å². The van der Waals surface area contributed by atoms with Gasteiger partial charge in [-0.15, -0.1) is 0 Å². The maximum Gasteiger partial charge on any atom is -0.00248 e. The quantitative estimate of drug-likeness (QED) is 0.323. The van der Waals surface area contributed by atoms with Gasteiger partial charge in [-0.1, -0.05) is 94.7 Å². The molecule has 1 nitrogen and oxygen atoms in total. The molecule has 0 fully saturated rings. The molecule has 1 heteroatoms. The van der Waals surface area contributed by atoms with Crippen LogP contribution in [0.1, 0.15) is 81.8 Å². The lowest BCUT2D eigenvalue weighted by Crippen LogP contribution is -2.12. The molecule has 0 aliphatic carbocycles. The summed E-state index contributed by atoms with van der Waals surface area (Å²) in [5.41, 5.74) is 2.69. The first kappa shape index (κ1) is 21.0. The molecule has 0 unspecified atom stereocenters. The van der Waals surface area contributed by atoms with Crippen molar-refractivity contribution in [3.63, 3.8) is 0 Å². The van der Waals surface area contributed by atoms with Gasteiger partial charge < -0.3 is 4.90 Å². The van der Waals surface area contributed by atoms with E-state index >= 15 is 0 Å². The molecule has 1 aromatic carbocycles. The highest BCUT2D eigenvalue weighted by Crippen LogP contribution is 2.13. The molecule has 136 valence electrons. The number of aryl methyl sites for hydroxylation is 1. The number of benzene rings is 1. The average Bonchev–Trinajstić information content (AvgIpc) is 2.59. The van der Waals surface area contributed by atoms with Crippen LogP contribution in [0, 0.1) is 0 Å². The Labute approximate surface area is 151 Å². The minimum Gasteiger partial charge on any atom is -0.309 e. The first-order valence-corrected chi connectivity index (χ1v) is 10.1. The number of rotatable bonds is 15. The van der Waals surface area contributed by atoms with Gasteiger partial charge in [0, 0.05) is 0 Å². The molecule has 0 aliphatic rings. The van der Waals surface area contributed by atoms with Crippen molar-refractivity contribution >= 4 is 6.08 Å². The first-order chi connectivity index (χ1) is 11.7. The number of hydrogen-bond acceptors (Lipinski definition) is 1. The molecule has 0 heterocycles. The average molecular weight is 330 g/mol. The second kappa shape index (κ2) is 14.3. The van der Waals surface area contributed by atoms with Crippen molar-refractivity contribution in [2.24, 2.45) is 0 Å². The molecule has 0 atom stereocenters. The van der Waals surface area contributed by atoms with Crippen molar-refractivity contribution in [3.8, 4) is 0 Å². The van der Waals surface area contributed by atoms with Crippen LogP contribution in [0.5, 0.6) is 0 Å². The molecule has 0 radical (unpaired) electrons. The number of nitrogens with zero attached hydrogens (tertiary/aromatic N) is 1. The van der Waals surface area contributed by atoms with Crippen LogP contribution in [0.2, 0.25) is 0 Å². The van der Waals surface area contributed by atoms with Crippen LogP contribution < -0.4 is 0 Å². The zero-order valence-corrected chi connectivity index (χ0v) is 16.2. The Morgan fingerprint density at radius 3 is 1.62 bits per heavy atom. The Morgan fingerprint density at radius 1 is 0.708 bits per heavy atom. The Bertz CT molecular complexity index is 405. The lowest BCUT2D eigenvalue weighted by molar-refractivity contribution is 0.389. The van der Waals surface area contributed by atoms with Crippen LogP contribution in [0.15, 0.2) is 30.8 Å². The Morgan fingerprint density at radius 2 is 1.17 bits per heavy atom. The SMILES string of the molecule is C=Cc1ccc(CCCCCCCCCCCCCN(C)C)cc1. The minimum absolute atomic E-state index is 1.22. The molecule has 0 bridgehead atoms.